The average Bonchev–Trinajstić information content (AvgIpc) is 2.67. The molecule has 0 aromatic carbocycles. The molecule has 12 heteroatoms. The van der Waals surface area contributed by atoms with Gasteiger partial charge in [-0.05, 0) is 31.5 Å². The van der Waals surface area contributed by atoms with E-state index in [0.717, 1.165) is 0 Å². The summed E-state index contributed by atoms with van der Waals surface area (Å²) in [6, 6.07) is 4.37. The van der Waals surface area contributed by atoms with Gasteiger partial charge in [-0.25, -0.2) is 0 Å². The molecule has 32 heavy (non-hydrogen) atoms. The summed E-state index contributed by atoms with van der Waals surface area (Å²) in [5.74, 6) is -3.73. The summed E-state index contributed by atoms with van der Waals surface area (Å²) in [6.07, 6.45) is 0.759. The van der Waals surface area contributed by atoms with Crippen LogP contribution in [-0.4, -0.2) is 89.4 Å². The summed E-state index contributed by atoms with van der Waals surface area (Å²) in [7, 11) is 0. The minimum Gasteiger partial charge on any atom is -0.549 e. The first kappa shape index (κ1) is 28.7. The number of nitrogens with zero attached hydrogens (tertiary/aromatic N) is 4. The van der Waals surface area contributed by atoms with Crippen molar-refractivity contribution in [1.82, 2.24) is 19.7 Å². The van der Waals surface area contributed by atoms with Crippen LogP contribution >= 0.6 is 0 Å². The smallest absolute Gasteiger partial charge is 0.0586 e. The fraction of sp³-hybridized carbons (Fsp3) is 0.600. The minimum atomic E-state index is -1.25. The van der Waals surface area contributed by atoms with Crippen LogP contribution in [0.15, 0.2) is 18.2 Å². The molecule has 0 saturated carbocycles. The molecule has 11 nitrogen and oxygen atoms in total. The molecule has 0 amide bonds. The first-order chi connectivity index (χ1) is 14.8. The van der Waals surface area contributed by atoms with E-state index in [1.807, 2.05) is 0 Å². The van der Waals surface area contributed by atoms with Crippen molar-refractivity contribution >= 4 is 17.9 Å². The molecular formula is C20H28N5O6Tm-3. The fourth-order valence-corrected chi connectivity index (χ4v) is 3.68. The second kappa shape index (κ2) is 14.7. The zero-order valence-corrected chi connectivity index (χ0v) is 19.5. The first-order valence-corrected chi connectivity index (χ1v) is 10.2. The second-order valence-corrected chi connectivity index (χ2v) is 7.59. The van der Waals surface area contributed by atoms with Gasteiger partial charge in [0.1, 0.15) is 0 Å². The summed E-state index contributed by atoms with van der Waals surface area (Å²) >= 11 is 0. The second-order valence-electron chi connectivity index (χ2n) is 7.59. The van der Waals surface area contributed by atoms with E-state index in [2.05, 4.69) is 4.98 Å². The summed E-state index contributed by atoms with van der Waals surface area (Å²) < 4.78 is 0. The Hall–Kier alpha value is -1.37. The third kappa shape index (κ3) is 10.1. The molecule has 1 aromatic heterocycles. The van der Waals surface area contributed by atoms with Crippen molar-refractivity contribution in [1.29, 1.82) is 0 Å². The Bertz CT molecular complexity index is 723. The Morgan fingerprint density at radius 2 is 1.44 bits per heavy atom. The van der Waals surface area contributed by atoms with Crippen LogP contribution in [0.2, 0.25) is 0 Å². The zero-order valence-electron chi connectivity index (χ0n) is 17.7. The number of pyridine rings is 1. The zero-order chi connectivity index (χ0) is 22.8. The van der Waals surface area contributed by atoms with Gasteiger partial charge in [0.2, 0.25) is 0 Å². The van der Waals surface area contributed by atoms with Crippen LogP contribution < -0.4 is 21.1 Å². The third-order valence-corrected chi connectivity index (χ3v) is 5.14. The molecule has 2 bridgehead atoms. The van der Waals surface area contributed by atoms with Gasteiger partial charge in [0, 0.05) is 95.3 Å². The van der Waals surface area contributed by atoms with Gasteiger partial charge in [-0.2, -0.15) is 0 Å². The number of aromatic nitrogens is 1. The van der Waals surface area contributed by atoms with Gasteiger partial charge in [-0.1, -0.05) is 6.07 Å². The van der Waals surface area contributed by atoms with E-state index in [9.17, 15) is 29.7 Å². The molecule has 0 fully saturated rings. The number of carboxylic acid groups (broad SMARTS) is 3. The van der Waals surface area contributed by atoms with Crippen molar-refractivity contribution in [3.8, 4) is 0 Å². The van der Waals surface area contributed by atoms with Crippen molar-refractivity contribution in [3.05, 3.63) is 29.6 Å². The SMILES string of the molecule is NCCCC(C(=O)[O-])N1CCN(CC(=O)[O-])Cc2cccc(n2)CN(CC(=O)[O-])CC1.[Tm]. The Morgan fingerprint density at radius 1 is 0.938 bits per heavy atom. The van der Waals surface area contributed by atoms with E-state index >= 15 is 0 Å². The van der Waals surface area contributed by atoms with Crippen molar-refractivity contribution in [2.45, 2.75) is 32.0 Å². The van der Waals surface area contributed by atoms with Crippen molar-refractivity contribution in [3.63, 3.8) is 0 Å². The largest absolute Gasteiger partial charge is 0.549 e. The molecule has 2 N–H and O–H groups in total. The minimum absolute atomic E-state index is 0. The number of fused-ring (bicyclic) bond motifs is 2. The molecule has 1 unspecified atom stereocenters. The number of carbonyl (C=O) groups is 3. The molecule has 185 valence electrons. The van der Waals surface area contributed by atoms with Crippen LogP contribution in [0.1, 0.15) is 24.2 Å². The third-order valence-electron chi connectivity index (χ3n) is 5.14. The van der Waals surface area contributed by atoms with Crippen molar-refractivity contribution in [2.75, 3.05) is 45.8 Å². The molecule has 1 atom stereocenters. The number of carboxylic acids is 3. The normalized spacial score (nSPS) is 17.4. The van der Waals surface area contributed by atoms with E-state index < -0.39 is 23.9 Å². The molecule has 0 saturated heterocycles. The maximum absolute atomic E-state index is 11.8. The Kier molecular flexibility index (Phi) is 13.2. The van der Waals surface area contributed by atoms with Gasteiger partial charge in [0.05, 0.1) is 29.3 Å². The molecule has 0 spiro atoms. The molecule has 1 aliphatic heterocycles. The van der Waals surface area contributed by atoms with Crippen LogP contribution in [0.5, 0.6) is 0 Å². The topological polar surface area (TPSA) is 169 Å². The predicted molar refractivity (Wildman–Crippen MR) is 103 cm³/mol. The van der Waals surface area contributed by atoms with E-state index in [1.165, 1.54) is 0 Å². The van der Waals surface area contributed by atoms with Crippen LogP contribution in [-0.2, 0) is 27.5 Å². The van der Waals surface area contributed by atoms with Gasteiger partial charge >= 0.3 is 0 Å². The van der Waals surface area contributed by atoms with Gasteiger partial charge in [-0.15, -0.1) is 0 Å². The Balaban J connectivity index is 0.00000512. The van der Waals surface area contributed by atoms with Crippen molar-refractivity contribution in [2.24, 2.45) is 5.73 Å². The fourth-order valence-electron chi connectivity index (χ4n) is 3.68. The van der Waals surface area contributed by atoms with Crippen LogP contribution in [0.25, 0.3) is 0 Å². The summed E-state index contributed by atoms with van der Waals surface area (Å²) in [4.78, 5) is 43.6. The van der Waals surface area contributed by atoms with Gasteiger partial charge in [0.15, 0.2) is 0 Å². The van der Waals surface area contributed by atoms with Crippen LogP contribution in [0, 0.1) is 36.9 Å². The Morgan fingerprint density at radius 3 is 1.84 bits per heavy atom. The number of hydrogen-bond donors (Lipinski definition) is 1. The summed E-state index contributed by atoms with van der Waals surface area (Å²) in [6.45, 7) is 1.14. The van der Waals surface area contributed by atoms with E-state index in [1.54, 1.807) is 32.9 Å². The number of hydrogen-bond acceptors (Lipinski definition) is 11. The average molecular weight is 603 g/mol. The standard InChI is InChI=1S/C20H31N5O6.Tm/c21-6-2-5-17(20(30)31)25-9-7-23(13-18(26)27)11-15-3-1-4-16(22-15)12-24(8-10-25)14-19(28)29;/h1,3-4,17H,2,5-14,21H2,(H,26,27)(H,28,29)(H,30,31);/p-3. The van der Waals surface area contributed by atoms with Gasteiger partial charge in [-0.3, -0.25) is 19.7 Å². The van der Waals surface area contributed by atoms with Crippen molar-refractivity contribution < 1.29 is 66.6 Å². The number of carbonyl (C=O) groups excluding carboxylic acids is 3. The molecule has 2 rings (SSSR count). The Labute approximate surface area is 216 Å². The summed E-state index contributed by atoms with van der Waals surface area (Å²) in [5, 5.41) is 34.2. The van der Waals surface area contributed by atoms with E-state index in [-0.39, 0.29) is 95.7 Å². The van der Waals surface area contributed by atoms with E-state index in [0.29, 0.717) is 24.4 Å². The molecule has 1 aromatic rings. The predicted octanol–water partition coefficient (Wildman–Crippen LogP) is -4.64. The molecule has 1 radical (unpaired) electrons. The van der Waals surface area contributed by atoms with E-state index in [4.69, 9.17) is 5.73 Å². The molecule has 0 aliphatic carbocycles. The number of rotatable bonds is 9. The maximum Gasteiger partial charge on any atom is 0.0586 e. The summed E-state index contributed by atoms with van der Waals surface area (Å²) in [5.41, 5.74) is 6.78. The van der Waals surface area contributed by atoms with Gasteiger partial charge < -0.3 is 35.4 Å². The molecule has 1 aliphatic rings. The maximum atomic E-state index is 11.8. The quantitative estimate of drug-likeness (QED) is 0.288. The monoisotopic (exact) mass is 603 g/mol. The van der Waals surface area contributed by atoms with Crippen LogP contribution in [0.4, 0.5) is 0 Å². The molecular weight excluding hydrogens is 575 g/mol. The first-order valence-electron chi connectivity index (χ1n) is 10.2. The number of aliphatic carboxylic acids is 3. The van der Waals surface area contributed by atoms with Crippen LogP contribution in [0.3, 0.4) is 0 Å². The number of nitrogens with two attached hydrogens (primary N) is 1. The van der Waals surface area contributed by atoms with Gasteiger partial charge in [0.25, 0.3) is 0 Å². The molecule has 2 heterocycles.